The normalized spacial score (nSPS) is 15.5. The third-order valence-corrected chi connectivity index (χ3v) is 6.05. The van der Waals surface area contributed by atoms with Crippen molar-refractivity contribution in [2.75, 3.05) is 38.6 Å². The maximum absolute atomic E-state index is 5.46. The van der Waals surface area contributed by atoms with Gasteiger partial charge in [0.05, 0.1) is 32.1 Å². The predicted molar refractivity (Wildman–Crippen MR) is 106 cm³/mol. The summed E-state index contributed by atoms with van der Waals surface area (Å²) in [4.78, 5) is 5.29. The molecule has 26 heavy (non-hydrogen) atoms. The summed E-state index contributed by atoms with van der Waals surface area (Å²) in [7, 11) is 0. The van der Waals surface area contributed by atoms with E-state index >= 15 is 0 Å². The number of quaternary nitrogens is 1. The summed E-state index contributed by atoms with van der Waals surface area (Å²) < 4.78 is 7.91. The molecule has 0 amide bonds. The minimum absolute atomic E-state index is 0.906. The summed E-state index contributed by atoms with van der Waals surface area (Å²) in [5.41, 5.74) is 3.91. The summed E-state index contributed by atoms with van der Waals surface area (Å²) in [6.07, 6.45) is 1.05. The highest BCUT2D eigenvalue weighted by Crippen LogP contribution is 2.17. The zero-order valence-electron chi connectivity index (χ0n) is 15.1. The van der Waals surface area contributed by atoms with Gasteiger partial charge in [-0.3, -0.25) is 0 Å². The molecule has 0 bridgehead atoms. The number of nitrogens with one attached hydrogen (secondary N) is 2. The van der Waals surface area contributed by atoms with Crippen molar-refractivity contribution in [3.8, 4) is 0 Å². The van der Waals surface area contributed by atoms with Crippen molar-refractivity contribution < 1.29 is 14.2 Å². The second-order valence-electron chi connectivity index (χ2n) is 6.80. The molecule has 4 nitrogen and oxygen atoms in total. The number of hydrogen-bond acceptors (Lipinski definition) is 2. The largest absolute Gasteiger partial charge is 0.370 e. The average Bonchev–Trinajstić information content (AvgIpc) is 3.05. The number of imidazole rings is 1. The third kappa shape index (κ3) is 4.29. The number of aromatic amines is 1. The number of fused-ring (bicyclic) bond motifs is 1. The van der Waals surface area contributed by atoms with Crippen LogP contribution in [-0.4, -0.2) is 43.6 Å². The Bertz CT molecular complexity index is 828. The molecular weight excluding hydrogens is 342 g/mol. The van der Waals surface area contributed by atoms with Crippen molar-refractivity contribution in [1.82, 2.24) is 4.98 Å². The quantitative estimate of drug-likeness (QED) is 0.491. The molecule has 1 aromatic heterocycles. The van der Waals surface area contributed by atoms with Crippen LogP contribution in [0.25, 0.3) is 11.0 Å². The minimum Gasteiger partial charge on any atom is -0.370 e. The zero-order chi connectivity index (χ0) is 17.6. The molecule has 0 spiro atoms. The average molecular weight is 370 g/mol. The number of nitrogens with zero attached hydrogens (tertiary/aromatic N) is 1. The first-order valence-electron chi connectivity index (χ1n) is 9.49. The Morgan fingerprint density at radius 3 is 2.62 bits per heavy atom. The molecule has 3 aromatic rings. The lowest BCUT2D eigenvalue weighted by Crippen LogP contribution is -3.14. The van der Waals surface area contributed by atoms with Crippen LogP contribution in [0, 0.1) is 0 Å². The Balaban J connectivity index is 1.46. The van der Waals surface area contributed by atoms with E-state index in [1.54, 1.807) is 4.90 Å². The maximum Gasteiger partial charge on any atom is 0.316 e. The number of benzene rings is 2. The smallest absolute Gasteiger partial charge is 0.316 e. The Hall–Kier alpha value is -1.82. The molecule has 1 fully saturated rings. The van der Waals surface area contributed by atoms with E-state index < -0.39 is 0 Å². The van der Waals surface area contributed by atoms with Crippen molar-refractivity contribution in [2.45, 2.75) is 18.1 Å². The molecule has 2 aromatic carbocycles. The van der Waals surface area contributed by atoms with Crippen LogP contribution in [0.5, 0.6) is 0 Å². The lowest BCUT2D eigenvalue weighted by Gasteiger charge is -2.23. The predicted octanol–water partition coefficient (Wildman–Crippen LogP) is 1.71. The number of hydrogen-bond donors (Lipinski definition) is 2. The monoisotopic (exact) mass is 369 g/mol. The Morgan fingerprint density at radius 1 is 1.00 bits per heavy atom. The number of H-pyrrole nitrogens is 1. The third-order valence-electron chi connectivity index (χ3n) is 5.04. The highest BCUT2D eigenvalue weighted by Gasteiger charge is 2.20. The van der Waals surface area contributed by atoms with Crippen molar-refractivity contribution in [3.05, 3.63) is 60.2 Å². The van der Waals surface area contributed by atoms with E-state index in [9.17, 15) is 0 Å². The van der Waals surface area contributed by atoms with E-state index in [0.29, 0.717) is 0 Å². The Labute approximate surface area is 159 Å². The van der Waals surface area contributed by atoms with Gasteiger partial charge < -0.3 is 9.64 Å². The van der Waals surface area contributed by atoms with Crippen LogP contribution in [0.1, 0.15) is 5.56 Å². The summed E-state index contributed by atoms with van der Waals surface area (Å²) in [5, 5.41) is 1.27. The van der Waals surface area contributed by atoms with Crippen LogP contribution in [0.4, 0.5) is 0 Å². The van der Waals surface area contributed by atoms with E-state index in [1.165, 1.54) is 28.3 Å². The SMILES string of the molecule is c1ccc(CC[n+]2c(SCC[NH+]3CCOCC3)[nH]c3ccccc32)cc1. The fraction of sp³-hybridized carbons (Fsp3) is 0.381. The summed E-state index contributed by atoms with van der Waals surface area (Å²) in [6, 6.07) is 19.4. The lowest BCUT2D eigenvalue weighted by atomic mass is 10.1. The van der Waals surface area contributed by atoms with Crippen LogP contribution in [-0.2, 0) is 17.7 Å². The molecule has 0 saturated carbocycles. The number of rotatable bonds is 7. The van der Waals surface area contributed by atoms with Gasteiger partial charge in [0, 0.05) is 6.42 Å². The molecule has 0 unspecified atom stereocenters. The van der Waals surface area contributed by atoms with Gasteiger partial charge in [-0.05, 0) is 29.5 Å². The second-order valence-corrected chi connectivity index (χ2v) is 7.88. The number of aryl methyl sites for hydroxylation is 2. The van der Waals surface area contributed by atoms with Crippen LogP contribution < -0.4 is 9.47 Å². The molecule has 1 saturated heterocycles. The van der Waals surface area contributed by atoms with Crippen molar-refractivity contribution in [2.24, 2.45) is 0 Å². The highest BCUT2D eigenvalue weighted by molar-refractivity contribution is 7.99. The first kappa shape index (κ1) is 17.6. The Kier molecular flexibility index (Phi) is 5.89. The molecule has 136 valence electrons. The molecule has 2 N–H and O–H groups in total. The van der Waals surface area contributed by atoms with Gasteiger partial charge in [0.2, 0.25) is 0 Å². The molecule has 0 radical (unpaired) electrons. The number of para-hydroxylation sites is 2. The van der Waals surface area contributed by atoms with Crippen molar-refractivity contribution >= 4 is 22.8 Å². The van der Waals surface area contributed by atoms with E-state index in [-0.39, 0.29) is 0 Å². The fourth-order valence-electron chi connectivity index (χ4n) is 3.53. The topological polar surface area (TPSA) is 33.3 Å². The number of thioether (sulfide) groups is 1. The molecule has 0 atom stereocenters. The molecule has 2 heterocycles. The van der Waals surface area contributed by atoms with Crippen molar-refractivity contribution in [3.63, 3.8) is 0 Å². The maximum atomic E-state index is 5.46. The fourth-order valence-corrected chi connectivity index (χ4v) is 4.64. The lowest BCUT2D eigenvalue weighted by molar-refractivity contribution is -0.905. The van der Waals surface area contributed by atoms with Gasteiger partial charge in [-0.15, -0.1) is 0 Å². The van der Waals surface area contributed by atoms with Gasteiger partial charge in [0.15, 0.2) is 11.0 Å². The number of aromatic nitrogens is 2. The van der Waals surface area contributed by atoms with E-state index in [1.807, 2.05) is 11.8 Å². The second kappa shape index (κ2) is 8.71. The van der Waals surface area contributed by atoms with Gasteiger partial charge in [-0.25, -0.2) is 9.55 Å². The molecule has 1 aliphatic rings. The first-order valence-corrected chi connectivity index (χ1v) is 10.5. The van der Waals surface area contributed by atoms with Gasteiger partial charge >= 0.3 is 5.16 Å². The van der Waals surface area contributed by atoms with Crippen LogP contribution in [0.3, 0.4) is 0 Å². The summed E-state index contributed by atoms with van der Waals surface area (Å²) >= 11 is 1.95. The van der Waals surface area contributed by atoms with Gasteiger partial charge in [-0.1, -0.05) is 42.5 Å². The Morgan fingerprint density at radius 2 is 1.77 bits per heavy atom. The highest BCUT2D eigenvalue weighted by atomic mass is 32.2. The summed E-state index contributed by atoms with van der Waals surface area (Å²) in [6.45, 7) is 6.29. The van der Waals surface area contributed by atoms with Crippen LogP contribution in [0.2, 0.25) is 0 Å². The molecule has 1 aliphatic heterocycles. The first-order chi connectivity index (χ1) is 12.9. The molecule has 0 aliphatic carbocycles. The molecule has 4 rings (SSSR count). The van der Waals surface area contributed by atoms with Gasteiger partial charge in [0.25, 0.3) is 0 Å². The number of morpholine rings is 1. The van der Waals surface area contributed by atoms with Crippen LogP contribution >= 0.6 is 11.8 Å². The molecular formula is C21H27N3OS+2. The number of ether oxygens (including phenoxy) is 1. The zero-order valence-corrected chi connectivity index (χ0v) is 15.9. The summed E-state index contributed by atoms with van der Waals surface area (Å²) in [5.74, 6) is 1.13. The van der Waals surface area contributed by atoms with E-state index in [2.05, 4.69) is 64.1 Å². The van der Waals surface area contributed by atoms with E-state index in [4.69, 9.17) is 4.74 Å². The van der Waals surface area contributed by atoms with Gasteiger partial charge in [-0.2, -0.15) is 0 Å². The molecule has 5 heteroatoms. The van der Waals surface area contributed by atoms with E-state index in [0.717, 1.165) is 45.0 Å². The minimum atomic E-state index is 0.906. The van der Waals surface area contributed by atoms with Crippen molar-refractivity contribution in [1.29, 1.82) is 0 Å². The van der Waals surface area contributed by atoms with Crippen LogP contribution in [0.15, 0.2) is 59.8 Å². The standard InChI is InChI=1S/C21H25N3OS/c1-2-6-18(7-3-1)10-11-24-20-9-5-4-8-19(20)22-21(24)26-17-14-23-12-15-25-16-13-23/h1-9H,10-17H2/p+2. The van der Waals surface area contributed by atoms with Gasteiger partial charge in [0.1, 0.15) is 13.1 Å².